The second kappa shape index (κ2) is 5.14. The topological polar surface area (TPSA) is 22.0 Å². The maximum absolute atomic E-state index is 12.3. The molecule has 0 spiro atoms. The predicted octanol–water partition coefficient (Wildman–Crippen LogP) is 4.49. The zero-order chi connectivity index (χ0) is 14.1. The summed E-state index contributed by atoms with van der Waals surface area (Å²) in [5, 5.41) is 1.83. The molecule has 0 amide bonds. The standard InChI is InChI=1S/C17H14ClNO/c1-12-3-2-4-16-15(12)9-10-19(16)11-17(20)13-5-7-14(18)8-6-13/h2-10H,11H2,1H3. The summed E-state index contributed by atoms with van der Waals surface area (Å²) < 4.78 is 1.99. The first-order valence-electron chi connectivity index (χ1n) is 6.48. The van der Waals surface area contributed by atoms with Crippen LogP contribution in [-0.2, 0) is 6.54 Å². The van der Waals surface area contributed by atoms with Gasteiger partial charge < -0.3 is 4.57 Å². The number of aryl methyl sites for hydroxylation is 1. The highest BCUT2D eigenvalue weighted by Crippen LogP contribution is 2.20. The van der Waals surface area contributed by atoms with Gasteiger partial charge in [0.1, 0.15) is 0 Å². The number of halogens is 1. The summed E-state index contributed by atoms with van der Waals surface area (Å²) in [7, 11) is 0. The first-order chi connectivity index (χ1) is 9.65. The predicted molar refractivity (Wildman–Crippen MR) is 82.5 cm³/mol. The third-order valence-electron chi connectivity index (χ3n) is 3.51. The second-order valence-corrected chi connectivity index (χ2v) is 5.32. The van der Waals surface area contributed by atoms with Gasteiger partial charge in [-0.1, -0.05) is 23.7 Å². The van der Waals surface area contributed by atoms with E-state index >= 15 is 0 Å². The number of rotatable bonds is 3. The van der Waals surface area contributed by atoms with Crippen LogP contribution in [-0.4, -0.2) is 10.4 Å². The smallest absolute Gasteiger partial charge is 0.182 e. The van der Waals surface area contributed by atoms with Crippen LogP contribution in [0, 0.1) is 6.92 Å². The molecule has 2 aromatic carbocycles. The number of carbonyl (C=O) groups excluding carboxylic acids is 1. The van der Waals surface area contributed by atoms with Crippen molar-refractivity contribution in [3.63, 3.8) is 0 Å². The number of aromatic nitrogens is 1. The zero-order valence-electron chi connectivity index (χ0n) is 11.1. The number of ketones is 1. The molecule has 0 unspecified atom stereocenters. The average molecular weight is 284 g/mol. The highest BCUT2D eigenvalue weighted by molar-refractivity contribution is 6.30. The molecule has 3 aromatic rings. The number of hydrogen-bond donors (Lipinski definition) is 0. The van der Waals surface area contributed by atoms with Crippen molar-refractivity contribution < 1.29 is 4.79 Å². The molecular formula is C17H14ClNO. The van der Waals surface area contributed by atoms with Gasteiger partial charge in [-0.2, -0.15) is 0 Å². The van der Waals surface area contributed by atoms with Gasteiger partial charge in [-0.25, -0.2) is 0 Å². The second-order valence-electron chi connectivity index (χ2n) is 4.88. The highest BCUT2D eigenvalue weighted by Gasteiger charge is 2.09. The minimum absolute atomic E-state index is 0.0840. The number of nitrogens with zero attached hydrogens (tertiary/aromatic N) is 1. The van der Waals surface area contributed by atoms with Gasteiger partial charge in [-0.15, -0.1) is 0 Å². The molecule has 0 aliphatic rings. The van der Waals surface area contributed by atoms with Crippen LogP contribution in [0.5, 0.6) is 0 Å². The van der Waals surface area contributed by atoms with E-state index in [0.717, 1.165) is 5.52 Å². The van der Waals surface area contributed by atoms with Crippen LogP contribution >= 0.6 is 11.6 Å². The molecule has 3 heteroatoms. The van der Waals surface area contributed by atoms with Crippen LogP contribution in [0.2, 0.25) is 5.02 Å². The SMILES string of the molecule is Cc1cccc2c1ccn2CC(=O)c1ccc(Cl)cc1. The zero-order valence-corrected chi connectivity index (χ0v) is 11.9. The van der Waals surface area contributed by atoms with Crippen LogP contribution in [0.25, 0.3) is 10.9 Å². The quantitative estimate of drug-likeness (QED) is 0.649. The number of carbonyl (C=O) groups is 1. The molecule has 0 aliphatic carbocycles. The fourth-order valence-electron chi connectivity index (χ4n) is 2.40. The summed E-state index contributed by atoms with van der Waals surface area (Å²) in [6.45, 7) is 2.42. The van der Waals surface area contributed by atoms with E-state index in [2.05, 4.69) is 19.1 Å². The molecule has 100 valence electrons. The molecule has 0 saturated carbocycles. The van der Waals surface area contributed by atoms with E-state index in [1.165, 1.54) is 10.9 Å². The van der Waals surface area contributed by atoms with Crippen molar-refractivity contribution in [3.05, 3.63) is 70.9 Å². The van der Waals surface area contributed by atoms with Gasteiger partial charge in [-0.3, -0.25) is 4.79 Å². The molecule has 3 rings (SSSR count). The molecule has 0 aliphatic heterocycles. The van der Waals surface area contributed by atoms with Crippen LogP contribution in [0.15, 0.2) is 54.7 Å². The van der Waals surface area contributed by atoms with E-state index in [0.29, 0.717) is 17.1 Å². The normalized spacial score (nSPS) is 10.9. The van der Waals surface area contributed by atoms with Gasteiger partial charge >= 0.3 is 0 Å². The molecule has 0 N–H and O–H groups in total. The minimum atomic E-state index is 0.0840. The molecule has 0 atom stereocenters. The summed E-state index contributed by atoms with van der Waals surface area (Å²) in [5.74, 6) is 0.0840. The van der Waals surface area contributed by atoms with Gasteiger partial charge in [0.15, 0.2) is 5.78 Å². The molecule has 20 heavy (non-hydrogen) atoms. The third kappa shape index (κ3) is 2.35. The lowest BCUT2D eigenvalue weighted by Gasteiger charge is -2.06. The Balaban J connectivity index is 1.91. The average Bonchev–Trinajstić information content (AvgIpc) is 2.84. The van der Waals surface area contributed by atoms with Gasteiger partial charge in [-0.05, 0) is 48.9 Å². The summed E-state index contributed by atoms with van der Waals surface area (Å²) >= 11 is 5.84. The van der Waals surface area contributed by atoms with Crippen molar-refractivity contribution in [2.45, 2.75) is 13.5 Å². The van der Waals surface area contributed by atoms with E-state index in [-0.39, 0.29) is 5.78 Å². The number of fused-ring (bicyclic) bond motifs is 1. The largest absolute Gasteiger partial charge is 0.340 e. The lowest BCUT2D eigenvalue weighted by Crippen LogP contribution is -2.09. The maximum atomic E-state index is 12.3. The molecule has 1 heterocycles. The van der Waals surface area contributed by atoms with E-state index in [9.17, 15) is 4.79 Å². The lowest BCUT2D eigenvalue weighted by molar-refractivity contribution is 0.0973. The fraction of sp³-hybridized carbons (Fsp3) is 0.118. The summed E-state index contributed by atoms with van der Waals surface area (Å²) in [6.07, 6.45) is 1.96. The Morgan fingerprint density at radius 1 is 1.10 bits per heavy atom. The Bertz CT molecular complexity index is 771. The lowest BCUT2D eigenvalue weighted by atomic mass is 10.1. The van der Waals surface area contributed by atoms with Crippen LogP contribution in [0.4, 0.5) is 0 Å². The third-order valence-corrected chi connectivity index (χ3v) is 3.76. The fourth-order valence-corrected chi connectivity index (χ4v) is 2.52. The number of benzene rings is 2. The van der Waals surface area contributed by atoms with Crippen LogP contribution in [0.1, 0.15) is 15.9 Å². The van der Waals surface area contributed by atoms with E-state index < -0.39 is 0 Å². The Morgan fingerprint density at radius 2 is 1.85 bits per heavy atom. The minimum Gasteiger partial charge on any atom is -0.340 e. The van der Waals surface area contributed by atoms with Gasteiger partial charge in [0, 0.05) is 27.7 Å². The maximum Gasteiger partial charge on any atom is 0.182 e. The summed E-state index contributed by atoms with van der Waals surface area (Å²) in [6, 6.07) is 15.2. The van der Waals surface area contributed by atoms with Gasteiger partial charge in [0.2, 0.25) is 0 Å². The van der Waals surface area contributed by atoms with Crippen molar-refractivity contribution in [2.75, 3.05) is 0 Å². The van der Waals surface area contributed by atoms with Crippen molar-refractivity contribution in [1.82, 2.24) is 4.57 Å². The molecular weight excluding hydrogens is 270 g/mol. The highest BCUT2D eigenvalue weighted by atomic mass is 35.5. The number of Topliss-reactive ketones (excluding diaryl/α,β-unsaturated/α-hetero) is 1. The Kier molecular flexibility index (Phi) is 3.33. The molecule has 0 fully saturated rings. The Hall–Kier alpha value is -2.06. The Labute approximate surface area is 122 Å². The van der Waals surface area contributed by atoms with Gasteiger partial charge in [0.05, 0.1) is 6.54 Å². The molecule has 0 bridgehead atoms. The van der Waals surface area contributed by atoms with Crippen molar-refractivity contribution in [1.29, 1.82) is 0 Å². The molecule has 0 radical (unpaired) electrons. The van der Waals surface area contributed by atoms with Crippen LogP contribution < -0.4 is 0 Å². The van der Waals surface area contributed by atoms with Crippen molar-refractivity contribution >= 4 is 28.3 Å². The van der Waals surface area contributed by atoms with Gasteiger partial charge in [0.25, 0.3) is 0 Å². The molecule has 0 saturated heterocycles. The summed E-state index contributed by atoms with van der Waals surface area (Å²) in [5.41, 5.74) is 3.00. The first-order valence-corrected chi connectivity index (χ1v) is 6.86. The molecule has 2 nitrogen and oxygen atoms in total. The monoisotopic (exact) mass is 283 g/mol. The van der Waals surface area contributed by atoms with E-state index in [1.807, 2.05) is 22.9 Å². The van der Waals surface area contributed by atoms with Crippen molar-refractivity contribution in [2.24, 2.45) is 0 Å². The number of hydrogen-bond acceptors (Lipinski definition) is 1. The Morgan fingerprint density at radius 3 is 2.60 bits per heavy atom. The van der Waals surface area contributed by atoms with E-state index in [4.69, 9.17) is 11.6 Å². The first kappa shape index (κ1) is 12.9. The van der Waals surface area contributed by atoms with Crippen molar-refractivity contribution in [3.8, 4) is 0 Å². The summed E-state index contributed by atoms with van der Waals surface area (Å²) in [4.78, 5) is 12.3. The molecule has 1 aromatic heterocycles. The van der Waals surface area contributed by atoms with Crippen LogP contribution in [0.3, 0.4) is 0 Å². The van der Waals surface area contributed by atoms with E-state index in [1.54, 1.807) is 24.3 Å².